The summed E-state index contributed by atoms with van der Waals surface area (Å²) in [7, 11) is 2.08. The molecule has 1 saturated heterocycles. The van der Waals surface area contributed by atoms with Crippen LogP contribution in [-0.2, 0) is 6.42 Å². The molecule has 1 aliphatic heterocycles. The van der Waals surface area contributed by atoms with Crippen molar-refractivity contribution >= 4 is 22.5 Å². The van der Waals surface area contributed by atoms with Gasteiger partial charge in [0.1, 0.15) is 5.82 Å². The van der Waals surface area contributed by atoms with Crippen LogP contribution in [0.25, 0.3) is 10.9 Å². The first-order valence-electron chi connectivity index (χ1n) is 7.46. The van der Waals surface area contributed by atoms with Crippen LogP contribution in [0.4, 0.5) is 0 Å². The molecule has 118 valence electrons. The Morgan fingerprint density at radius 3 is 2.68 bits per heavy atom. The zero-order valence-corrected chi connectivity index (χ0v) is 13.4. The van der Waals surface area contributed by atoms with Crippen molar-refractivity contribution in [1.82, 2.24) is 14.6 Å². The minimum atomic E-state index is -0.108. The van der Waals surface area contributed by atoms with Gasteiger partial charge in [-0.25, -0.2) is 9.66 Å². The third-order valence-corrected chi connectivity index (χ3v) is 4.34. The fourth-order valence-corrected chi connectivity index (χ4v) is 3.06. The number of fused-ring (bicyclic) bond motifs is 1. The summed E-state index contributed by atoms with van der Waals surface area (Å²) in [6.07, 6.45) is 0.560. The van der Waals surface area contributed by atoms with Crippen LogP contribution < -0.4 is 16.3 Å². The number of aromatic nitrogens is 2. The fourth-order valence-electron chi connectivity index (χ4n) is 2.81. The second-order valence-electron chi connectivity index (χ2n) is 5.57. The molecule has 0 atom stereocenters. The minimum absolute atomic E-state index is 0.108. The number of benzene rings is 1. The zero-order chi connectivity index (χ0) is 15.7. The summed E-state index contributed by atoms with van der Waals surface area (Å²) in [6, 6.07) is 5.35. The lowest BCUT2D eigenvalue weighted by molar-refractivity contribution is 0.283. The number of likely N-dealkylation sites (N-methyl/N-ethyl adjacent to an activating group) is 1. The lowest BCUT2D eigenvalue weighted by Gasteiger charge is -2.35. The van der Waals surface area contributed by atoms with E-state index in [2.05, 4.69) is 16.9 Å². The van der Waals surface area contributed by atoms with Crippen molar-refractivity contribution in [2.45, 2.75) is 6.42 Å². The highest BCUT2D eigenvalue weighted by atomic mass is 35.5. The van der Waals surface area contributed by atoms with E-state index in [1.807, 2.05) is 17.1 Å². The Morgan fingerprint density at radius 2 is 2.00 bits per heavy atom. The topological polar surface area (TPSA) is 67.4 Å². The summed E-state index contributed by atoms with van der Waals surface area (Å²) in [5.74, 6) is 0.701. The Morgan fingerprint density at radius 1 is 1.27 bits per heavy atom. The van der Waals surface area contributed by atoms with Crippen LogP contribution in [0.15, 0.2) is 23.0 Å². The third-order valence-electron chi connectivity index (χ3n) is 4.02. The Hall–Kier alpha value is -1.63. The molecule has 7 heteroatoms. The van der Waals surface area contributed by atoms with Crippen molar-refractivity contribution in [1.29, 1.82) is 0 Å². The van der Waals surface area contributed by atoms with Crippen LogP contribution in [0.2, 0.25) is 5.02 Å². The molecule has 0 spiro atoms. The first-order chi connectivity index (χ1) is 10.6. The summed E-state index contributed by atoms with van der Waals surface area (Å²) in [5.41, 5.74) is 6.22. The van der Waals surface area contributed by atoms with Gasteiger partial charge in [-0.2, -0.15) is 0 Å². The average Bonchev–Trinajstić information content (AvgIpc) is 2.49. The van der Waals surface area contributed by atoms with Crippen molar-refractivity contribution in [3.05, 3.63) is 39.4 Å². The molecule has 2 heterocycles. The Balaban J connectivity index is 2.17. The molecule has 2 aromatic rings. The van der Waals surface area contributed by atoms with Gasteiger partial charge in [-0.3, -0.25) is 4.79 Å². The van der Waals surface area contributed by atoms with E-state index in [-0.39, 0.29) is 5.56 Å². The Labute approximate surface area is 134 Å². The molecule has 1 fully saturated rings. The van der Waals surface area contributed by atoms with Gasteiger partial charge < -0.3 is 15.6 Å². The fraction of sp³-hybridized carbons (Fsp3) is 0.467. The van der Waals surface area contributed by atoms with Gasteiger partial charge in [-0.05, 0) is 25.7 Å². The maximum Gasteiger partial charge on any atom is 0.281 e. The Bertz CT molecular complexity index is 737. The molecule has 6 nitrogen and oxygen atoms in total. The van der Waals surface area contributed by atoms with Crippen molar-refractivity contribution in [3.8, 4) is 0 Å². The van der Waals surface area contributed by atoms with Gasteiger partial charge >= 0.3 is 0 Å². The highest BCUT2D eigenvalue weighted by Gasteiger charge is 2.20. The SMILES string of the molecule is CN1CCN(n2c(CCN)nc3cccc(Cl)c3c2=O)CC1. The van der Waals surface area contributed by atoms with Gasteiger partial charge in [0.2, 0.25) is 0 Å². The number of hydrogen-bond acceptors (Lipinski definition) is 5. The predicted octanol–water partition coefficient (Wildman–Crippen LogP) is 0.435. The smallest absolute Gasteiger partial charge is 0.281 e. The lowest BCUT2D eigenvalue weighted by Crippen LogP contribution is -2.54. The summed E-state index contributed by atoms with van der Waals surface area (Å²) in [6.45, 7) is 3.84. The summed E-state index contributed by atoms with van der Waals surface area (Å²) in [4.78, 5) is 19.8. The molecule has 22 heavy (non-hydrogen) atoms. The van der Waals surface area contributed by atoms with Crippen molar-refractivity contribution in [2.24, 2.45) is 5.73 Å². The monoisotopic (exact) mass is 321 g/mol. The molecular weight excluding hydrogens is 302 g/mol. The molecule has 0 radical (unpaired) electrons. The quantitative estimate of drug-likeness (QED) is 0.888. The molecule has 0 unspecified atom stereocenters. The van der Waals surface area contributed by atoms with Gasteiger partial charge in [0.05, 0.1) is 15.9 Å². The van der Waals surface area contributed by atoms with Gasteiger partial charge in [-0.15, -0.1) is 0 Å². The van der Waals surface area contributed by atoms with E-state index >= 15 is 0 Å². The van der Waals surface area contributed by atoms with Crippen LogP contribution in [0, 0.1) is 0 Å². The maximum absolute atomic E-state index is 13.0. The van der Waals surface area contributed by atoms with Crippen LogP contribution in [0.5, 0.6) is 0 Å². The second-order valence-corrected chi connectivity index (χ2v) is 5.98. The van der Waals surface area contributed by atoms with Crippen LogP contribution in [0.3, 0.4) is 0 Å². The lowest BCUT2D eigenvalue weighted by atomic mass is 10.2. The van der Waals surface area contributed by atoms with E-state index < -0.39 is 0 Å². The molecule has 0 amide bonds. The largest absolute Gasteiger partial charge is 0.330 e. The van der Waals surface area contributed by atoms with E-state index in [9.17, 15) is 4.79 Å². The Kier molecular flexibility index (Phi) is 4.33. The van der Waals surface area contributed by atoms with E-state index in [0.29, 0.717) is 34.7 Å². The minimum Gasteiger partial charge on any atom is -0.330 e. The van der Waals surface area contributed by atoms with Gasteiger partial charge in [0.25, 0.3) is 5.56 Å². The number of nitrogens with zero attached hydrogens (tertiary/aromatic N) is 4. The number of hydrogen-bond donors (Lipinski definition) is 1. The van der Waals surface area contributed by atoms with Crippen LogP contribution in [0.1, 0.15) is 5.82 Å². The van der Waals surface area contributed by atoms with Gasteiger partial charge in [-0.1, -0.05) is 17.7 Å². The van der Waals surface area contributed by atoms with Gasteiger partial charge in [0, 0.05) is 32.6 Å². The first kappa shape index (κ1) is 15.3. The van der Waals surface area contributed by atoms with Crippen molar-refractivity contribution in [2.75, 3.05) is 44.8 Å². The molecule has 0 saturated carbocycles. The molecular formula is C15H20ClN5O. The van der Waals surface area contributed by atoms with Gasteiger partial charge in [0.15, 0.2) is 0 Å². The molecule has 3 rings (SSSR count). The number of piperazine rings is 1. The molecule has 0 aliphatic carbocycles. The summed E-state index contributed by atoms with van der Waals surface area (Å²) >= 11 is 6.22. The summed E-state index contributed by atoms with van der Waals surface area (Å²) in [5, 5.41) is 2.96. The average molecular weight is 322 g/mol. The van der Waals surface area contributed by atoms with Crippen molar-refractivity contribution < 1.29 is 0 Å². The molecule has 2 N–H and O–H groups in total. The summed E-state index contributed by atoms with van der Waals surface area (Å²) < 4.78 is 1.67. The number of halogens is 1. The van der Waals surface area contributed by atoms with E-state index in [0.717, 1.165) is 26.2 Å². The van der Waals surface area contributed by atoms with Crippen LogP contribution in [-0.4, -0.2) is 54.3 Å². The van der Waals surface area contributed by atoms with Crippen molar-refractivity contribution in [3.63, 3.8) is 0 Å². The molecule has 1 aromatic heterocycles. The first-order valence-corrected chi connectivity index (χ1v) is 7.83. The normalized spacial score (nSPS) is 16.4. The predicted molar refractivity (Wildman–Crippen MR) is 89.2 cm³/mol. The molecule has 0 bridgehead atoms. The second kappa shape index (κ2) is 6.24. The maximum atomic E-state index is 13.0. The molecule has 1 aliphatic rings. The standard InChI is InChI=1S/C15H20ClN5O/c1-19-7-9-20(10-8-19)21-13(5-6-17)18-12-4-2-3-11(16)14(12)15(21)22/h2-4H,5-10,17H2,1H3. The number of nitrogens with two attached hydrogens (primary N) is 1. The zero-order valence-electron chi connectivity index (χ0n) is 12.6. The van der Waals surface area contributed by atoms with Crippen LogP contribution >= 0.6 is 11.6 Å². The third kappa shape index (κ3) is 2.69. The van der Waals surface area contributed by atoms with E-state index in [1.54, 1.807) is 10.7 Å². The highest BCUT2D eigenvalue weighted by Crippen LogP contribution is 2.19. The van der Waals surface area contributed by atoms with E-state index in [1.165, 1.54) is 0 Å². The highest BCUT2D eigenvalue weighted by molar-refractivity contribution is 6.35. The molecule has 1 aromatic carbocycles. The number of rotatable bonds is 3. The van der Waals surface area contributed by atoms with E-state index in [4.69, 9.17) is 17.3 Å².